The van der Waals surface area contributed by atoms with E-state index in [1.54, 1.807) is 0 Å². The number of rotatable bonds is 5. The molecule has 0 bridgehead atoms. The molecule has 0 saturated carbocycles. The van der Waals surface area contributed by atoms with Crippen LogP contribution >= 0.6 is 0 Å². The van der Waals surface area contributed by atoms with Gasteiger partial charge in [0.15, 0.2) is 11.4 Å². The lowest BCUT2D eigenvalue weighted by Crippen LogP contribution is -2.48. The molecule has 1 aliphatic heterocycles. The van der Waals surface area contributed by atoms with E-state index in [0.29, 0.717) is 6.61 Å². The Hall–Kier alpha value is -1.89. The highest BCUT2D eigenvalue weighted by Gasteiger charge is 2.35. The highest BCUT2D eigenvalue weighted by Crippen LogP contribution is 2.31. The molecular weight excluding hydrogens is 274 g/mol. The number of imidazole rings is 1. The fourth-order valence-electron chi connectivity index (χ4n) is 2.78. The lowest BCUT2D eigenvalue weighted by molar-refractivity contribution is -0.0918. The summed E-state index contributed by atoms with van der Waals surface area (Å²) in [6, 6.07) is -0.0236. The van der Waals surface area contributed by atoms with Crippen molar-refractivity contribution in [3.05, 3.63) is 17.7 Å². The first-order chi connectivity index (χ1) is 10.0. The second kappa shape index (κ2) is 6.26. The van der Waals surface area contributed by atoms with E-state index < -0.39 is 11.9 Å². The van der Waals surface area contributed by atoms with Crippen LogP contribution in [0.1, 0.15) is 60.5 Å². The molecule has 21 heavy (non-hydrogen) atoms. The highest BCUT2D eigenvalue weighted by molar-refractivity contribution is 6.02. The van der Waals surface area contributed by atoms with E-state index in [1.165, 1.54) is 6.33 Å². The summed E-state index contributed by atoms with van der Waals surface area (Å²) in [5.74, 6) is -1.65. The molecule has 0 aromatic carbocycles. The van der Waals surface area contributed by atoms with E-state index in [9.17, 15) is 9.59 Å². The van der Waals surface area contributed by atoms with Gasteiger partial charge in [-0.25, -0.2) is 9.78 Å². The van der Waals surface area contributed by atoms with Gasteiger partial charge in [0.2, 0.25) is 0 Å². The maximum absolute atomic E-state index is 12.2. The Balaban J connectivity index is 2.06. The standard InChI is InChI=1S/C14H21N3O4/c1-3-14(4-2)7-9(5-6-21-14)17-12(18)10-11(13(19)20)16-8-15-10/h8-9H,3-7H2,1-2H3,(H,15,16)(H,17,18)(H,19,20). The summed E-state index contributed by atoms with van der Waals surface area (Å²) < 4.78 is 5.86. The second-order valence-corrected chi connectivity index (χ2v) is 5.33. The van der Waals surface area contributed by atoms with Gasteiger partial charge < -0.3 is 20.1 Å². The number of ether oxygens (including phenoxy) is 1. The molecule has 1 fully saturated rings. The second-order valence-electron chi connectivity index (χ2n) is 5.33. The zero-order chi connectivity index (χ0) is 15.5. The molecule has 2 rings (SSSR count). The summed E-state index contributed by atoms with van der Waals surface area (Å²) in [7, 11) is 0. The van der Waals surface area contributed by atoms with Crippen LogP contribution in [-0.4, -0.2) is 45.2 Å². The van der Waals surface area contributed by atoms with Gasteiger partial charge in [-0.15, -0.1) is 0 Å². The Morgan fingerprint density at radius 1 is 1.52 bits per heavy atom. The molecule has 1 unspecified atom stereocenters. The van der Waals surface area contributed by atoms with Gasteiger partial charge in [0, 0.05) is 12.6 Å². The maximum atomic E-state index is 12.2. The summed E-state index contributed by atoms with van der Waals surface area (Å²) in [4.78, 5) is 29.5. The Morgan fingerprint density at radius 2 is 2.24 bits per heavy atom. The minimum atomic E-state index is -1.19. The molecule has 0 spiro atoms. The summed E-state index contributed by atoms with van der Waals surface area (Å²) in [6.07, 6.45) is 4.45. The number of nitrogens with one attached hydrogen (secondary N) is 2. The fraction of sp³-hybridized carbons (Fsp3) is 0.643. The van der Waals surface area contributed by atoms with Gasteiger partial charge in [0.1, 0.15) is 0 Å². The first-order valence-corrected chi connectivity index (χ1v) is 7.23. The van der Waals surface area contributed by atoms with Crippen molar-refractivity contribution >= 4 is 11.9 Å². The maximum Gasteiger partial charge on any atom is 0.354 e. The van der Waals surface area contributed by atoms with Gasteiger partial charge in [0.05, 0.1) is 11.9 Å². The van der Waals surface area contributed by atoms with Gasteiger partial charge in [-0.2, -0.15) is 0 Å². The summed E-state index contributed by atoms with van der Waals surface area (Å²) >= 11 is 0. The predicted molar refractivity (Wildman–Crippen MR) is 75.3 cm³/mol. The van der Waals surface area contributed by atoms with Crippen LogP contribution in [-0.2, 0) is 4.74 Å². The van der Waals surface area contributed by atoms with E-state index in [2.05, 4.69) is 29.1 Å². The number of aromatic nitrogens is 2. The van der Waals surface area contributed by atoms with E-state index >= 15 is 0 Å². The molecule has 2 heterocycles. The van der Waals surface area contributed by atoms with Gasteiger partial charge in [-0.05, 0) is 25.7 Å². The number of carbonyl (C=O) groups is 2. The zero-order valence-corrected chi connectivity index (χ0v) is 12.3. The normalized spacial score (nSPS) is 21.0. The van der Waals surface area contributed by atoms with Crippen LogP contribution in [0.4, 0.5) is 0 Å². The molecule has 1 saturated heterocycles. The molecule has 1 aliphatic rings. The number of amides is 1. The molecule has 1 aromatic rings. The molecule has 1 aromatic heterocycles. The molecule has 7 nitrogen and oxygen atoms in total. The smallest absolute Gasteiger partial charge is 0.354 e. The van der Waals surface area contributed by atoms with E-state index in [-0.39, 0.29) is 23.0 Å². The van der Waals surface area contributed by atoms with Gasteiger partial charge in [-0.1, -0.05) is 13.8 Å². The lowest BCUT2D eigenvalue weighted by atomic mass is 9.86. The Labute approximate surface area is 123 Å². The van der Waals surface area contributed by atoms with Crippen LogP contribution in [0.5, 0.6) is 0 Å². The first-order valence-electron chi connectivity index (χ1n) is 7.23. The van der Waals surface area contributed by atoms with Crippen molar-refractivity contribution in [2.45, 2.75) is 51.2 Å². The number of aromatic amines is 1. The van der Waals surface area contributed by atoms with Crippen LogP contribution < -0.4 is 5.32 Å². The molecule has 1 amide bonds. The van der Waals surface area contributed by atoms with Crippen LogP contribution in [0.3, 0.4) is 0 Å². The van der Waals surface area contributed by atoms with Crippen molar-refractivity contribution in [3.63, 3.8) is 0 Å². The average molecular weight is 295 g/mol. The minimum absolute atomic E-state index is 0.0236. The molecule has 1 atom stereocenters. The quantitative estimate of drug-likeness (QED) is 0.765. The monoisotopic (exact) mass is 295 g/mol. The van der Waals surface area contributed by atoms with E-state index in [4.69, 9.17) is 9.84 Å². The lowest BCUT2D eigenvalue weighted by Gasteiger charge is -2.40. The number of carbonyl (C=O) groups excluding carboxylic acids is 1. The topological polar surface area (TPSA) is 104 Å². The Kier molecular flexibility index (Phi) is 4.62. The zero-order valence-electron chi connectivity index (χ0n) is 12.3. The van der Waals surface area contributed by atoms with Crippen molar-refractivity contribution < 1.29 is 19.4 Å². The van der Waals surface area contributed by atoms with Crippen molar-refractivity contribution in [2.75, 3.05) is 6.61 Å². The third kappa shape index (κ3) is 3.24. The Morgan fingerprint density at radius 3 is 2.86 bits per heavy atom. The Bertz CT molecular complexity index is 522. The molecule has 3 N–H and O–H groups in total. The molecule has 116 valence electrons. The third-order valence-electron chi connectivity index (χ3n) is 4.19. The van der Waals surface area contributed by atoms with Gasteiger partial charge >= 0.3 is 5.97 Å². The van der Waals surface area contributed by atoms with Gasteiger partial charge in [0.25, 0.3) is 5.91 Å². The fourth-order valence-corrected chi connectivity index (χ4v) is 2.78. The van der Waals surface area contributed by atoms with Crippen molar-refractivity contribution in [2.24, 2.45) is 0 Å². The summed E-state index contributed by atoms with van der Waals surface area (Å²) in [5, 5.41) is 11.9. The van der Waals surface area contributed by atoms with Crippen molar-refractivity contribution in [1.82, 2.24) is 15.3 Å². The third-order valence-corrected chi connectivity index (χ3v) is 4.19. The van der Waals surface area contributed by atoms with Crippen LogP contribution in [0.25, 0.3) is 0 Å². The van der Waals surface area contributed by atoms with E-state index in [0.717, 1.165) is 25.7 Å². The summed E-state index contributed by atoms with van der Waals surface area (Å²) in [5.41, 5.74) is -0.457. The average Bonchev–Trinajstić information content (AvgIpc) is 2.97. The van der Waals surface area contributed by atoms with Crippen molar-refractivity contribution in [1.29, 1.82) is 0 Å². The number of H-pyrrole nitrogens is 1. The SMILES string of the molecule is CCC1(CC)CC(NC(=O)c2nc[nH]c2C(=O)O)CCO1. The summed E-state index contributed by atoms with van der Waals surface area (Å²) in [6.45, 7) is 4.74. The largest absolute Gasteiger partial charge is 0.477 e. The first kappa shape index (κ1) is 15.5. The number of carboxylic acid groups (broad SMARTS) is 1. The number of nitrogens with zero attached hydrogens (tertiary/aromatic N) is 1. The number of carboxylic acids is 1. The molecule has 7 heteroatoms. The van der Waals surface area contributed by atoms with Crippen LogP contribution in [0.2, 0.25) is 0 Å². The predicted octanol–water partition coefficient (Wildman–Crippen LogP) is 1.58. The van der Waals surface area contributed by atoms with Gasteiger partial charge in [-0.3, -0.25) is 4.79 Å². The molecule has 0 aliphatic carbocycles. The number of hydrogen-bond donors (Lipinski definition) is 3. The van der Waals surface area contributed by atoms with E-state index in [1.807, 2.05) is 0 Å². The van der Waals surface area contributed by atoms with Crippen LogP contribution in [0, 0.1) is 0 Å². The highest BCUT2D eigenvalue weighted by atomic mass is 16.5. The number of aromatic carboxylic acids is 1. The van der Waals surface area contributed by atoms with Crippen molar-refractivity contribution in [3.8, 4) is 0 Å². The molecular formula is C14H21N3O4. The van der Waals surface area contributed by atoms with Crippen LogP contribution in [0.15, 0.2) is 6.33 Å². The minimum Gasteiger partial charge on any atom is -0.477 e. The molecule has 0 radical (unpaired) electrons. The number of hydrogen-bond acceptors (Lipinski definition) is 4.